The molecule has 3 nitrogen and oxygen atoms in total. The largest absolute Gasteiger partial charge is 0.356 e. The van der Waals surface area contributed by atoms with Gasteiger partial charge in [0.25, 0.3) is 0 Å². The van der Waals surface area contributed by atoms with Crippen molar-refractivity contribution < 1.29 is 9.32 Å². The maximum atomic E-state index is 10.6. The molecule has 2 heterocycles. The van der Waals surface area contributed by atoms with Crippen LogP contribution < -0.4 is 0 Å². The molecule has 0 amide bonds. The first-order valence-electron chi connectivity index (χ1n) is 4.78. The smallest absolute Gasteiger partial charge is 0.167 e. The molecule has 3 rings (SSSR count). The zero-order valence-corrected chi connectivity index (χ0v) is 9.03. The number of aldehydes is 1. The lowest BCUT2D eigenvalue weighted by Gasteiger charge is -1.89. The Balaban J connectivity index is 2.21. The fourth-order valence-electron chi connectivity index (χ4n) is 1.61. The molecule has 0 atom stereocenters. The molecule has 4 heteroatoms. The molecule has 16 heavy (non-hydrogen) atoms. The van der Waals surface area contributed by atoms with Gasteiger partial charge in [-0.15, -0.1) is 11.3 Å². The summed E-state index contributed by atoms with van der Waals surface area (Å²) in [6, 6.07) is 11.4. The molecule has 0 N–H and O–H groups in total. The highest BCUT2D eigenvalue weighted by Gasteiger charge is 2.11. The Morgan fingerprint density at radius 2 is 2.06 bits per heavy atom. The van der Waals surface area contributed by atoms with Gasteiger partial charge in [0.2, 0.25) is 0 Å². The maximum Gasteiger partial charge on any atom is 0.167 e. The molecule has 3 aromatic rings. The highest BCUT2D eigenvalue weighted by atomic mass is 32.1. The summed E-state index contributed by atoms with van der Waals surface area (Å²) in [5.41, 5.74) is 1.56. The molecule has 0 aliphatic rings. The molecule has 0 bridgehead atoms. The number of para-hydroxylation sites is 1. The topological polar surface area (TPSA) is 43.1 Å². The Hall–Kier alpha value is -1.94. The van der Waals surface area contributed by atoms with Crippen molar-refractivity contribution in [1.29, 1.82) is 0 Å². The third kappa shape index (κ3) is 1.35. The van der Waals surface area contributed by atoms with Crippen LogP contribution >= 0.6 is 11.3 Å². The Labute approximate surface area is 95.3 Å². The molecule has 0 radical (unpaired) electrons. The zero-order valence-electron chi connectivity index (χ0n) is 8.21. The molecule has 0 fully saturated rings. The standard InChI is InChI=1S/C12H7NO2S/c14-7-8-5-6-11(16-8)12-9-3-1-2-4-10(9)15-13-12/h1-7H. The minimum Gasteiger partial charge on any atom is -0.356 e. The first-order chi connectivity index (χ1) is 7.88. The van der Waals surface area contributed by atoms with Gasteiger partial charge in [-0.2, -0.15) is 0 Å². The monoisotopic (exact) mass is 229 g/mol. The average Bonchev–Trinajstić information content (AvgIpc) is 2.94. The molecule has 0 aliphatic heterocycles. The van der Waals surface area contributed by atoms with E-state index in [9.17, 15) is 4.79 Å². The van der Waals surface area contributed by atoms with E-state index in [1.165, 1.54) is 11.3 Å². The Morgan fingerprint density at radius 3 is 2.88 bits per heavy atom. The van der Waals surface area contributed by atoms with Gasteiger partial charge in [0.1, 0.15) is 5.69 Å². The predicted molar refractivity (Wildman–Crippen MR) is 62.7 cm³/mol. The van der Waals surface area contributed by atoms with Crippen LogP contribution in [-0.4, -0.2) is 11.4 Å². The molecule has 0 spiro atoms. The van der Waals surface area contributed by atoms with Gasteiger partial charge < -0.3 is 4.52 Å². The molecular weight excluding hydrogens is 222 g/mol. The van der Waals surface area contributed by atoms with E-state index >= 15 is 0 Å². The van der Waals surface area contributed by atoms with Crippen LogP contribution in [0.1, 0.15) is 9.67 Å². The fourth-order valence-corrected chi connectivity index (χ4v) is 2.43. The number of aromatic nitrogens is 1. The fraction of sp³-hybridized carbons (Fsp3) is 0. The molecule has 0 unspecified atom stereocenters. The molecule has 2 aromatic heterocycles. The summed E-state index contributed by atoms with van der Waals surface area (Å²) in [4.78, 5) is 12.3. The van der Waals surface area contributed by atoms with Gasteiger partial charge in [0.05, 0.1) is 15.1 Å². The number of benzene rings is 1. The van der Waals surface area contributed by atoms with Crippen molar-refractivity contribution in [2.24, 2.45) is 0 Å². The number of carbonyl (C=O) groups excluding carboxylic acids is 1. The van der Waals surface area contributed by atoms with Gasteiger partial charge in [-0.1, -0.05) is 17.3 Å². The van der Waals surface area contributed by atoms with Crippen molar-refractivity contribution >= 4 is 28.6 Å². The molecule has 78 valence electrons. The van der Waals surface area contributed by atoms with E-state index in [4.69, 9.17) is 4.52 Å². The quantitative estimate of drug-likeness (QED) is 0.633. The average molecular weight is 229 g/mol. The lowest BCUT2D eigenvalue weighted by Crippen LogP contribution is -1.71. The lowest BCUT2D eigenvalue weighted by molar-refractivity contribution is 0.112. The van der Waals surface area contributed by atoms with Crippen LogP contribution in [0.15, 0.2) is 40.9 Å². The van der Waals surface area contributed by atoms with Crippen LogP contribution in [0.25, 0.3) is 21.5 Å². The number of hydrogen-bond acceptors (Lipinski definition) is 4. The minimum atomic E-state index is 0.696. The van der Waals surface area contributed by atoms with Gasteiger partial charge >= 0.3 is 0 Å². The van der Waals surface area contributed by atoms with Gasteiger partial charge in [-0.25, -0.2) is 0 Å². The minimum absolute atomic E-state index is 0.696. The highest BCUT2D eigenvalue weighted by molar-refractivity contribution is 7.17. The highest BCUT2D eigenvalue weighted by Crippen LogP contribution is 2.32. The van der Waals surface area contributed by atoms with Crippen molar-refractivity contribution in [3.8, 4) is 10.6 Å². The maximum absolute atomic E-state index is 10.6. The van der Waals surface area contributed by atoms with Crippen LogP contribution in [0.2, 0.25) is 0 Å². The molecule has 1 aromatic carbocycles. The second kappa shape index (κ2) is 3.57. The van der Waals surface area contributed by atoms with Crippen molar-refractivity contribution in [1.82, 2.24) is 5.16 Å². The number of hydrogen-bond donors (Lipinski definition) is 0. The van der Waals surface area contributed by atoms with Crippen molar-refractivity contribution in [3.63, 3.8) is 0 Å². The van der Waals surface area contributed by atoms with E-state index in [2.05, 4.69) is 5.16 Å². The second-order valence-corrected chi connectivity index (χ2v) is 4.46. The molecule has 0 saturated carbocycles. The number of fused-ring (bicyclic) bond motifs is 1. The molecule has 0 saturated heterocycles. The van der Waals surface area contributed by atoms with Gasteiger partial charge in [0, 0.05) is 0 Å². The molecule has 0 aliphatic carbocycles. The predicted octanol–water partition coefficient (Wildman–Crippen LogP) is 3.37. The van der Waals surface area contributed by atoms with Crippen LogP contribution in [0.4, 0.5) is 0 Å². The number of rotatable bonds is 2. The summed E-state index contributed by atoms with van der Waals surface area (Å²) >= 11 is 1.41. The third-order valence-corrected chi connectivity index (χ3v) is 3.37. The van der Waals surface area contributed by atoms with Crippen LogP contribution in [0.3, 0.4) is 0 Å². The van der Waals surface area contributed by atoms with E-state index in [0.717, 1.165) is 27.8 Å². The summed E-state index contributed by atoms with van der Waals surface area (Å²) in [5, 5.41) is 5.01. The summed E-state index contributed by atoms with van der Waals surface area (Å²) in [6.45, 7) is 0. The number of carbonyl (C=O) groups is 1. The van der Waals surface area contributed by atoms with Gasteiger partial charge in [-0.05, 0) is 24.3 Å². The Bertz CT molecular complexity index is 654. The summed E-state index contributed by atoms with van der Waals surface area (Å²) in [7, 11) is 0. The van der Waals surface area contributed by atoms with Crippen molar-refractivity contribution in [3.05, 3.63) is 41.3 Å². The SMILES string of the molecule is O=Cc1ccc(-c2noc3ccccc23)s1. The Kier molecular flexibility index (Phi) is 2.08. The van der Waals surface area contributed by atoms with E-state index in [-0.39, 0.29) is 0 Å². The third-order valence-electron chi connectivity index (χ3n) is 2.35. The summed E-state index contributed by atoms with van der Waals surface area (Å²) < 4.78 is 5.21. The van der Waals surface area contributed by atoms with Crippen LogP contribution in [-0.2, 0) is 0 Å². The summed E-state index contributed by atoms with van der Waals surface area (Å²) in [5.74, 6) is 0. The van der Waals surface area contributed by atoms with Gasteiger partial charge in [-0.3, -0.25) is 4.79 Å². The van der Waals surface area contributed by atoms with Gasteiger partial charge in [0.15, 0.2) is 11.9 Å². The van der Waals surface area contributed by atoms with Crippen LogP contribution in [0.5, 0.6) is 0 Å². The Morgan fingerprint density at radius 1 is 1.19 bits per heavy atom. The lowest BCUT2D eigenvalue weighted by atomic mass is 10.2. The second-order valence-electron chi connectivity index (χ2n) is 3.35. The first-order valence-corrected chi connectivity index (χ1v) is 5.60. The van der Waals surface area contributed by atoms with Crippen molar-refractivity contribution in [2.45, 2.75) is 0 Å². The van der Waals surface area contributed by atoms with E-state index in [1.807, 2.05) is 30.3 Å². The van der Waals surface area contributed by atoms with E-state index < -0.39 is 0 Å². The zero-order chi connectivity index (χ0) is 11.0. The molecular formula is C12H7NO2S. The number of thiophene rings is 1. The summed E-state index contributed by atoms with van der Waals surface area (Å²) in [6.07, 6.45) is 0.844. The normalized spacial score (nSPS) is 10.8. The van der Waals surface area contributed by atoms with Crippen molar-refractivity contribution in [2.75, 3.05) is 0 Å². The first kappa shape index (κ1) is 9.30. The number of nitrogens with zero attached hydrogens (tertiary/aromatic N) is 1. The van der Waals surface area contributed by atoms with E-state index in [0.29, 0.717) is 4.88 Å². The van der Waals surface area contributed by atoms with Crippen LogP contribution in [0, 0.1) is 0 Å². The van der Waals surface area contributed by atoms with E-state index in [1.54, 1.807) is 6.07 Å².